The van der Waals surface area contributed by atoms with Gasteiger partial charge in [-0.1, -0.05) is 59.2 Å². The summed E-state index contributed by atoms with van der Waals surface area (Å²) in [5.74, 6) is -4.83. The number of ether oxygens (including phenoxy) is 2. The molecule has 2 atom stereocenters. The largest absolute Gasteiger partial charge is 0.463 e. The Bertz CT molecular complexity index is 1860. The number of thioether (sulfide) groups is 1. The number of aromatic nitrogens is 2. The lowest BCUT2D eigenvalue weighted by Gasteiger charge is -2.27. The van der Waals surface area contributed by atoms with Crippen molar-refractivity contribution in [2.24, 2.45) is 0 Å². The molecular formula is C36H37ClF3N5O6S. The van der Waals surface area contributed by atoms with E-state index in [1.165, 1.54) is 28.8 Å². The van der Waals surface area contributed by atoms with Gasteiger partial charge in [-0.15, -0.1) is 11.8 Å². The van der Waals surface area contributed by atoms with Gasteiger partial charge in [0.2, 0.25) is 11.7 Å². The van der Waals surface area contributed by atoms with Crippen molar-refractivity contribution in [3.63, 3.8) is 0 Å². The highest BCUT2D eigenvalue weighted by Gasteiger charge is 2.40. The lowest BCUT2D eigenvalue weighted by molar-refractivity contribution is -0.129. The smallest absolute Gasteiger partial charge is 0.408 e. The van der Waals surface area contributed by atoms with E-state index in [-0.39, 0.29) is 36.1 Å². The Morgan fingerprint density at radius 1 is 1.15 bits per heavy atom. The Labute approximate surface area is 307 Å². The van der Waals surface area contributed by atoms with E-state index in [1.807, 2.05) is 30.3 Å². The van der Waals surface area contributed by atoms with Crippen molar-refractivity contribution < 1.29 is 41.6 Å². The molecule has 1 fully saturated rings. The number of rotatable bonds is 8. The van der Waals surface area contributed by atoms with Crippen molar-refractivity contribution >= 4 is 47.5 Å². The van der Waals surface area contributed by atoms with Crippen molar-refractivity contribution in [3.8, 4) is 11.4 Å². The maximum atomic E-state index is 15.5. The Balaban J connectivity index is 0.000000452. The van der Waals surface area contributed by atoms with Crippen molar-refractivity contribution in [2.45, 2.75) is 68.7 Å². The average Bonchev–Trinajstić information content (AvgIpc) is 3.55. The van der Waals surface area contributed by atoms with E-state index < -0.39 is 54.3 Å². The number of nitrogens with zero attached hydrogens (tertiary/aromatic N) is 3. The third-order valence-electron chi connectivity index (χ3n) is 7.77. The van der Waals surface area contributed by atoms with Gasteiger partial charge < -0.3 is 29.5 Å². The first-order chi connectivity index (χ1) is 24.7. The summed E-state index contributed by atoms with van der Waals surface area (Å²) in [5.41, 5.74) is 1.27. The second-order valence-electron chi connectivity index (χ2n) is 13.1. The van der Waals surface area contributed by atoms with Gasteiger partial charge in [-0.2, -0.15) is 4.98 Å². The van der Waals surface area contributed by atoms with Crippen LogP contribution in [0.5, 0.6) is 0 Å². The molecule has 1 aromatic heterocycles. The number of amides is 2. The Morgan fingerprint density at radius 2 is 1.88 bits per heavy atom. The Hall–Kier alpha value is -4.60. The van der Waals surface area contributed by atoms with Crippen LogP contribution < -0.4 is 15.5 Å². The number of hydrogen-bond acceptors (Lipinski definition) is 10. The molecule has 6 rings (SSSR count). The highest BCUT2D eigenvalue weighted by Crippen LogP contribution is 2.40. The third-order valence-corrected chi connectivity index (χ3v) is 9.16. The van der Waals surface area contributed by atoms with E-state index in [0.717, 1.165) is 11.1 Å². The number of benzene rings is 3. The summed E-state index contributed by atoms with van der Waals surface area (Å²) in [6, 6.07) is 18.2. The number of alkyl halides is 2. The molecule has 11 nitrogen and oxygen atoms in total. The molecule has 0 bridgehead atoms. The van der Waals surface area contributed by atoms with E-state index in [4.69, 9.17) is 20.9 Å². The topological polar surface area (TPSA) is 136 Å². The van der Waals surface area contributed by atoms with Gasteiger partial charge in [-0.3, -0.25) is 9.59 Å². The number of anilines is 1. The molecule has 16 heteroatoms. The summed E-state index contributed by atoms with van der Waals surface area (Å²) in [7, 11) is 0. The van der Waals surface area contributed by atoms with Crippen LogP contribution in [0.25, 0.3) is 11.4 Å². The van der Waals surface area contributed by atoms with Crippen LogP contribution in [0.2, 0.25) is 5.02 Å². The summed E-state index contributed by atoms with van der Waals surface area (Å²) in [6.45, 7) is 5.81. The summed E-state index contributed by atoms with van der Waals surface area (Å²) < 4.78 is 58.5. The maximum Gasteiger partial charge on any atom is 0.408 e. The van der Waals surface area contributed by atoms with Crippen LogP contribution in [0.4, 0.5) is 23.7 Å². The predicted octanol–water partition coefficient (Wildman–Crippen LogP) is 7.13. The molecular weight excluding hydrogens is 723 g/mol. The number of halogens is 4. The lowest BCUT2D eigenvalue weighted by Crippen LogP contribution is -2.50. The molecule has 2 N–H and O–H groups in total. The van der Waals surface area contributed by atoms with Crippen molar-refractivity contribution in [1.82, 2.24) is 20.8 Å². The SMILES string of the molecule is CC(C)(C)OC(=O)N[C@H]1CSc2cc(F)c(-c3noc(C4CNCC(F)(F)C4)n3)cc2N(Cc2ccc(Cl)cc2)C1=O.O=COCc1ccccc1. The van der Waals surface area contributed by atoms with E-state index in [9.17, 15) is 23.2 Å². The fraction of sp³-hybridized carbons (Fsp3) is 0.361. The van der Waals surface area contributed by atoms with Gasteiger partial charge in [0, 0.05) is 28.6 Å². The first-order valence-corrected chi connectivity index (χ1v) is 17.6. The number of carbonyl (C=O) groups is 3. The number of carbonyl (C=O) groups excluding carboxylic acids is 3. The highest BCUT2D eigenvalue weighted by molar-refractivity contribution is 7.99. The molecule has 2 amide bonds. The summed E-state index contributed by atoms with van der Waals surface area (Å²) >= 11 is 7.24. The number of hydrogen-bond donors (Lipinski definition) is 2. The molecule has 1 saturated heterocycles. The first kappa shape index (κ1) is 38.6. The number of nitrogens with one attached hydrogen (secondary N) is 2. The van der Waals surface area contributed by atoms with Crippen LogP contribution in [-0.4, -0.2) is 65.0 Å². The van der Waals surface area contributed by atoms with Crippen LogP contribution >= 0.6 is 23.4 Å². The number of fused-ring (bicyclic) bond motifs is 1. The molecule has 52 heavy (non-hydrogen) atoms. The van der Waals surface area contributed by atoms with Crippen LogP contribution in [-0.2, 0) is 32.2 Å². The molecule has 1 unspecified atom stereocenters. The summed E-state index contributed by atoms with van der Waals surface area (Å²) in [6.07, 6.45) is -1.23. The second kappa shape index (κ2) is 16.8. The minimum atomic E-state index is -2.93. The predicted molar refractivity (Wildman–Crippen MR) is 189 cm³/mol. The van der Waals surface area contributed by atoms with Gasteiger partial charge in [0.05, 0.1) is 30.3 Å². The van der Waals surface area contributed by atoms with Crippen molar-refractivity contribution in [2.75, 3.05) is 23.7 Å². The van der Waals surface area contributed by atoms with Gasteiger partial charge in [0.1, 0.15) is 24.1 Å². The van der Waals surface area contributed by atoms with E-state index >= 15 is 4.39 Å². The van der Waals surface area contributed by atoms with Gasteiger partial charge in [-0.05, 0) is 56.2 Å². The average molecular weight is 760 g/mol. The fourth-order valence-corrected chi connectivity index (χ4v) is 6.61. The standard InChI is InChI=1S/C28H29ClF3N5O4S.C8H8O2/c1-27(2,3)40-26(39)34-20-13-42-22-9-19(30)18(23-35-24(41-36-23)16-10-28(31,32)14-33-11-16)8-21(22)37(25(20)38)12-15-4-6-17(29)7-5-15;9-7-10-6-8-4-2-1-3-5-8/h4-9,16,20,33H,10-14H2,1-3H3,(H,34,39);1-5,7H,6H2/t16?,20-;/m0./s1. The molecule has 3 aromatic carbocycles. The zero-order valence-corrected chi connectivity index (χ0v) is 30.1. The highest BCUT2D eigenvalue weighted by atomic mass is 35.5. The van der Waals surface area contributed by atoms with Gasteiger partial charge in [-0.25, -0.2) is 18.0 Å². The monoisotopic (exact) mass is 759 g/mol. The zero-order valence-electron chi connectivity index (χ0n) is 28.5. The van der Waals surface area contributed by atoms with Gasteiger partial charge in [0.25, 0.3) is 18.3 Å². The molecule has 0 aliphatic carbocycles. The number of alkyl carbamates (subject to hydrolysis) is 1. The molecule has 0 saturated carbocycles. The normalized spacial score (nSPS) is 18.3. The van der Waals surface area contributed by atoms with E-state index in [1.54, 1.807) is 45.0 Å². The molecule has 2 aliphatic heterocycles. The molecule has 2 aliphatic rings. The molecule has 3 heterocycles. The van der Waals surface area contributed by atoms with Crippen LogP contribution in [0, 0.1) is 5.82 Å². The number of piperidine rings is 1. The Kier molecular flexibility index (Phi) is 12.5. The summed E-state index contributed by atoms with van der Waals surface area (Å²) in [5, 5.41) is 9.68. The maximum absolute atomic E-state index is 15.5. The quantitative estimate of drug-likeness (QED) is 0.179. The van der Waals surface area contributed by atoms with Crippen molar-refractivity contribution in [3.05, 3.63) is 94.6 Å². The van der Waals surface area contributed by atoms with Gasteiger partial charge >= 0.3 is 6.09 Å². The molecule has 276 valence electrons. The van der Waals surface area contributed by atoms with Crippen LogP contribution in [0.1, 0.15) is 50.1 Å². The van der Waals surface area contributed by atoms with E-state index in [0.29, 0.717) is 28.7 Å². The Morgan fingerprint density at radius 3 is 2.56 bits per heavy atom. The van der Waals surface area contributed by atoms with Gasteiger partial charge in [0.15, 0.2) is 0 Å². The molecule has 0 spiro atoms. The second-order valence-corrected chi connectivity index (χ2v) is 14.6. The zero-order chi connectivity index (χ0) is 37.5. The fourth-order valence-electron chi connectivity index (χ4n) is 5.41. The molecule has 0 radical (unpaired) electrons. The summed E-state index contributed by atoms with van der Waals surface area (Å²) in [4.78, 5) is 42.3. The lowest BCUT2D eigenvalue weighted by atomic mass is 9.97. The minimum Gasteiger partial charge on any atom is -0.463 e. The van der Waals surface area contributed by atoms with E-state index in [2.05, 4.69) is 25.5 Å². The first-order valence-electron chi connectivity index (χ1n) is 16.2. The minimum absolute atomic E-state index is 0.0312. The van der Waals surface area contributed by atoms with Crippen LogP contribution in [0.3, 0.4) is 0 Å². The van der Waals surface area contributed by atoms with Crippen LogP contribution in [0.15, 0.2) is 76.1 Å². The third kappa shape index (κ3) is 10.5. The van der Waals surface area contributed by atoms with Crippen molar-refractivity contribution in [1.29, 1.82) is 0 Å². The molecule has 4 aromatic rings.